The highest BCUT2D eigenvalue weighted by Crippen LogP contribution is 2.38. The van der Waals surface area contributed by atoms with Crippen molar-refractivity contribution >= 4 is 37.0 Å². The summed E-state index contributed by atoms with van der Waals surface area (Å²) in [5.74, 6) is 0.379. The van der Waals surface area contributed by atoms with Crippen LogP contribution in [0.5, 0.6) is 0 Å². The van der Waals surface area contributed by atoms with E-state index < -0.39 is 19.7 Å². The molecule has 0 radical (unpaired) electrons. The molecule has 0 saturated heterocycles. The number of alkyl halides is 1. The zero-order valence-corrected chi connectivity index (χ0v) is 14.3. The maximum absolute atomic E-state index is 11.9. The minimum Gasteiger partial charge on any atom is -0.377 e. The quantitative estimate of drug-likeness (QED) is 0.821. The van der Waals surface area contributed by atoms with E-state index in [1.165, 1.54) is 18.2 Å². The van der Waals surface area contributed by atoms with Gasteiger partial charge in [-0.15, -0.1) is 11.6 Å². The van der Waals surface area contributed by atoms with Crippen LogP contribution in [-0.2, 0) is 19.7 Å². The Balaban J connectivity index is 2.51. The maximum atomic E-state index is 11.9. The van der Waals surface area contributed by atoms with E-state index >= 15 is 0 Å². The number of halogens is 1. The van der Waals surface area contributed by atoms with Crippen LogP contribution in [0.25, 0.3) is 0 Å². The number of hydrogen-bond acceptors (Lipinski definition) is 5. The van der Waals surface area contributed by atoms with Crippen LogP contribution in [0.3, 0.4) is 0 Å². The van der Waals surface area contributed by atoms with Gasteiger partial charge in [0.25, 0.3) is 0 Å². The van der Waals surface area contributed by atoms with Crippen molar-refractivity contribution in [3.05, 3.63) is 18.2 Å². The number of benzene rings is 1. The topological polar surface area (TPSA) is 80.3 Å². The fourth-order valence-corrected chi connectivity index (χ4v) is 4.24. The summed E-state index contributed by atoms with van der Waals surface area (Å²) in [6.07, 6.45) is 4.89. The molecular weight excluding hydrogens is 334 g/mol. The molecule has 0 amide bonds. The van der Waals surface area contributed by atoms with Crippen molar-refractivity contribution in [1.82, 2.24) is 0 Å². The summed E-state index contributed by atoms with van der Waals surface area (Å²) in [7, 11) is -7.01. The first-order valence-electron chi connectivity index (χ1n) is 6.46. The molecule has 1 fully saturated rings. The van der Waals surface area contributed by atoms with Gasteiger partial charge in [-0.2, -0.15) is 0 Å². The average molecular weight is 352 g/mol. The Hall–Kier alpha value is -0.790. The highest BCUT2D eigenvalue weighted by molar-refractivity contribution is 7.91. The number of rotatable bonds is 5. The van der Waals surface area contributed by atoms with E-state index in [0.717, 1.165) is 31.8 Å². The molecule has 1 saturated carbocycles. The van der Waals surface area contributed by atoms with Gasteiger partial charge in [0.15, 0.2) is 19.7 Å². The second-order valence-electron chi connectivity index (χ2n) is 5.59. The molecule has 1 aromatic carbocycles. The average Bonchev–Trinajstić information content (AvgIpc) is 2.31. The van der Waals surface area contributed by atoms with E-state index in [1.54, 1.807) is 0 Å². The molecule has 0 aromatic heterocycles. The zero-order chi connectivity index (χ0) is 15.9. The van der Waals surface area contributed by atoms with Crippen molar-refractivity contribution in [2.45, 2.75) is 34.6 Å². The van der Waals surface area contributed by atoms with Crippen molar-refractivity contribution in [1.29, 1.82) is 0 Å². The van der Waals surface area contributed by atoms with Crippen molar-refractivity contribution in [3.63, 3.8) is 0 Å². The second kappa shape index (κ2) is 5.44. The molecule has 21 heavy (non-hydrogen) atoms. The molecule has 0 atom stereocenters. The van der Waals surface area contributed by atoms with Gasteiger partial charge in [0.05, 0.1) is 21.0 Å². The van der Waals surface area contributed by atoms with E-state index in [9.17, 15) is 16.8 Å². The molecule has 0 aliphatic heterocycles. The molecule has 1 aliphatic carbocycles. The molecule has 0 spiro atoms. The van der Waals surface area contributed by atoms with Crippen LogP contribution in [0.2, 0.25) is 0 Å². The summed E-state index contributed by atoms with van der Waals surface area (Å²) >= 11 is 5.97. The van der Waals surface area contributed by atoms with E-state index in [-0.39, 0.29) is 15.3 Å². The van der Waals surface area contributed by atoms with Crippen LogP contribution < -0.4 is 5.32 Å². The first-order chi connectivity index (χ1) is 9.57. The summed E-state index contributed by atoms with van der Waals surface area (Å²) in [6, 6.07) is 4.11. The minimum absolute atomic E-state index is 0.0120. The molecule has 8 heteroatoms. The van der Waals surface area contributed by atoms with Gasteiger partial charge in [-0.25, -0.2) is 16.8 Å². The predicted molar refractivity (Wildman–Crippen MR) is 83.6 cm³/mol. The standard InChI is InChI=1S/C13H18ClNO4S2/c1-20(16,17)10-4-5-11(12(8-10)21(2,18)19)15-13(9-14)6-3-7-13/h4-5,8,15H,3,6-7,9H2,1-2H3. The van der Waals surface area contributed by atoms with Gasteiger partial charge in [0.1, 0.15) is 0 Å². The van der Waals surface area contributed by atoms with Crippen LogP contribution in [-0.4, -0.2) is 40.8 Å². The molecular formula is C13H18ClNO4S2. The van der Waals surface area contributed by atoms with E-state index in [2.05, 4.69) is 5.32 Å². The molecule has 1 N–H and O–H groups in total. The van der Waals surface area contributed by atoms with Gasteiger partial charge in [0.2, 0.25) is 0 Å². The highest BCUT2D eigenvalue weighted by atomic mass is 35.5. The molecule has 118 valence electrons. The third kappa shape index (κ3) is 3.52. The van der Waals surface area contributed by atoms with E-state index in [0.29, 0.717) is 11.6 Å². The van der Waals surface area contributed by atoms with Gasteiger partial charge in [-0.1, -0.05) is 0 Å². The van der Waals surface area contributed by atoms with Crippen molar-refractivity contribution in [3.8, 4) is 0 Å². The SMILES string of the molecule is CS(=O)(=O)c1ccc(NC2(CCl)CCC2)c(S(C)(=O)=O)c1. The second-order valence-corrected chi connectivity index (χ2v) is 9.86. The van der Waals surface area contributed by atoms with E-state index in [1.807, 2.05) is 0 Å². The van der Waals surface area contributed by atoms with Crippen molar-refractivity contribution in [2.75, 3.05) is 23.7 Å². The summed E-state index contributed by atoms with van der Waals surface area (Å²) in [5, 5.41) is 3.19. The maximum Gasteiger partial charge on any atom is 0.177 e. The lowest BCUT2D eigenvalue weighted by molar-refractivity contribution is 0.310. The Labute approximate surface area is 130 Å². The van der Waals surface area contributed by atoms with Gasteiger partial charge >= 0.3 is 0 Å². The third-order valence-corrected chi connectivity index (χ3v) is 6.51. The predicted octanol–water partition coefficient (Wildman–Crippen LogP) is 2.07. The molecule has 5 nitrogen and oxygen atoms in total. The summed E-state index contributed by atoms with van der Waals surface area (Å²) < 4.78 is 47.1. The molecule has 0 bridgehead atoms. The lowest BCUT2D eigenvalue weighted by Gasteiger charge is -2.42. The van der Waals surface area contributed by atoms with Crippen molar-refractivity contribution in [2.24, 2.45) is 0 Å². The van der Waals surface area contributed by atoms with Crippen LogP contribution in [0.15, 0.2) is 28.0 Å². The monoisotopic (exact) mass is 351 g/mol. The Morgan fingerprint density at radius 1 is 1.14 bits per heavy atom. The third-order valence-electron chi connectivity index (χ3n) is 3.75. The lowest BCUT2D eigenvalue weighted by Crippen LogP contribution is -2.47. The number of nitrogens with one attached hydrogen (secondary N) is 1. The lowest BCUT2D eigenvalue weighted by atomic mass is 9.78. The molecule has 2 rings (SSSR count). The van der Waals surface area contributed by atoms with Crippen LogP contribution in [0.1, 0.15) is 19.3 Å². The first-order valence-corrected chi connectivity index (χ1v) is 10.8. The molecule has 0 unspecified atom stereocenters. The fourth-order valence-electron chi connectivity index (χ4n) is 2.32. The Morgan fingerprint density at radius 3 is 2.14 bits per heavy atom. The fraction of sp³-hybridized carbons (Fsp3) is 0.538. The van der Waals surface area contributed by atoms with E-state index in [4.69, 9.17) is 11.6 Å². The van der Waals surface area contributed by atoms with Crippen LogP contribution in [0.4, 0.5) is 5.69 Å². The zero-order valence-electron chi connectivity index (χ0n) is 11.9. The first kappa shape index (κ1) is 16.6. The molecule has 0 heterocycles. The Bertz CT molecular complexity index is 747. The van der Waals surface area contributed by atoms with Crippen LogP contribution in [0, 0.1) is 0 Å². The Kier molecular flexibility index (Phi) is 4.30. The normalized spacial score (nSPS) is 18.0. The molecule has 1 aromatic rings. The highest BCUT2D eigenvalue weighted by Gasteiger charge is 2.37. The molecule has 1 aliphatic rings. The summed E-state index contributed by atoms with van der Waals surface area (Å²) in [4.78, 5) is -0.0242. The Morgan fingerprint density at radius 2 is 1.76 bits per heavy atom. The largest absolute Gasteiger partial charge is 0.377 e. The number of anilines is 1. The number of hydrogen-bond donors (Lipinski definition) is 1. The van der Waals surface area contributed by atoms with Gasteiger partial charge in [-0.05, 0) is 37.5 Å². The van der Waals surface area contributed by atoms with Gasteiger partial charge in [0, 0.05) is 18.4 Å². The van der Waals surface area contributed by atoms with Crippen molar-refractivity contribution < 1.29 is 16.8 Å². The summed E-state index contributed by atoms with van der Waals surface area (Å²) in [5.41, 5.74) is 0.110. The van der Waals surface area contributed by atoms with Gasteiger partial charge in [-0.3, -0.25) is 0 Å². The smallest absolute Gasteiger partial charge is 0.177 e. The minimum atomic E-state index is -3.55. The summed E-state index contributed by atoms with van der Waals surface area (Å²) in [6.45, 7) is 0. The van der Waals surface area contributed by atoms with Gasteiger partial charge < -0.3 is 5.32 Å². The number of sulfone groups is 2. The van der Waals surface area contributed by atoms with Crippen LogP contribution >= 0.6 is 11.6 Å².